The Kier molecular flexibility index (Phi) is 3.02. The molecule has 5 nitrogen and oxygen atoms in total. The lowest BCUT2D eigenvalue weighted by atomic mass is 10.2. The van der Waals surface area contributed by atoms with E-state index >= 15 is 0 Å². The molecule has 2 heterocycles. The maximum Gasteiger partial charge on any atom is 0.126 e. The fourth-order valence-electron chi connectivity index (χ4n) is 1.96. The topological polar surface area (TPSA) is 68.8 Å². The molecule has 0 saturated heterocycles. The number of rotatable bonds is 4. The highest BCUT2D eigenvalue weighted by Gasteiger charge is 1.98. The summed E-state index contributed by atoms with van der Waals surface area (Å²) in [5.41, 5.74) is 7.29. The van der Waals surface area contributed by atoms with E-state index in [0.29, 0.717) is 5.69 Å². The molecule has 3 aromatic rings. The van der Waals surface area contributed by atoms with E-state index in [2.05, 4.69) is 27.5 Å². The Morgan fingerprint density at radius 2 is 2.05 bits per heavy atom. The molecular weight excluding hydrogens is 238 g/mol. The van der Waals surface area contributed by atoms with Crippen molar-refractivity contribution in [1.82, 2.24) is 14.8 Å². The van der Waals surface area contributed by atoms with Crippen LogP contribution >= 0.6 is 0 Å². The van der Waals surface area contributed by atoms with Gasteiger partial charge in [0.05, 0.1) is 23.9 Å². The van der Waals surface area contributed by atoms with Crippen molar-refractivity contribution in [1.29, 1.82) is 0 Å². The zero-order valence-electron chi connectivity index (χ0n) is 10.5. The molecule has 0 aliphatic heterocycles. The third kappa shape index (κ3) is 2.65. The summed E-state index contributed by atoms with van der Waals surface area (Å²) >= 11 is 0. The maximum absolute atomic E-state index is 5.61. The Morgan fingerprint density at radius 3 is 2.89 bits per heavy atom. The number of nitrogen functional groups attached to an aromatic ring is 1. The predicted octanol–water partition coefficient (Wildman–Crippen LogP) is 2.13. The van der Waals surface area contributed by atoms with Gasteiger partial charge >= 0.3 is 0 Å². The zero-order valence-corrected chi connectivity index (χ0v) is 10.5. The summed E-state index contributed by atoms with van der Waals surface area (Å²) in [6, 6.07) is 12.1. The van der Waals surface area contributed by atoms with Gasteiger partial charge in [-0.05, 0) is 18.2 Å². The molecule has 96 valence electrons. The molecule has 2 aromatic heterocycles. The van der Waals surface area contributed by atoms with Gasteiger partial charge in [0.15, 0.2) is 0 Å². The van der Waals surface area contributed by atoms with Gasteiger partial charge in [-0.15, -0.1) is 0 Å². The number of aromatic nitrogens is 3. The van der Waals surface area contributed by atoms with Crippen LogP contribution in [0, 0.1) is 0 Å². The zero-order chi connectivity index (χ0) is 13.1. The SMILES string of the molecule is Nc1cnn(CCNc2ccc3ccccc3n2)c1. The Morgan fingerprint density at radius 1 is 1.16 bits per heavy atom. The van der Waals surface area contributed by atoms with E-state index in [1.165, 1.54) is 0 Å². The van der Waals surface area contributed by atoms with E-state index in [1.54, 1.807) is 6.20 Å². The van der Waals surface area contributed by atoms with Gasteiger partial charge < -0.3 is 11.1 Å². The van der Waals surface area contributed by atoms with Crippen LogP contribution in [0.25, 0.3) is 10.9 Å². The van der Waals surface area contributed by atoms with Crippen molar-refractivity contribution < 1.29 is 0 Å². The molecule has 0 bridgehead atoms. The molecule has 3 rings (SSSR count). The van der Waals surface area contributed by atoms with Crippen LogP contribution in [0.3, 0.4) is 0 Å². The van der Waals surface area contributed by atoms with Crippen molar-refractivity contribution in [3.8, 4) is 0 Å². The number of nitrogens with two attached hydrogens (primary N) is 1. The molecule has 1 aromatic carbocycles. The number of nitrogens with one attached hydrogen (secondary N) is 1. The van der Waals surface area contributed by atoms with Gasteiger partial charge in [-0.3, -0.25) is 4.68 Å². The Bertz CT molecular complexity index is 689. The first kappa shape index (κ1) is 11.5. The number of fused-ring (bicyclic) bond motifs is 1. The first-order chi connectivity index (χ1) is 9.31. The minimum absolute atomic E-state index is 0.684. The van der Waals surface area contributed by atoms with Crippen LogP contribution in [0.5, 0.6) is 0 Å². The van der Waals surface area contributed by atoms with Gasteiger partial charge in [0, 0.05) is 18.1 Å². The fourth-order valence-corrected chi connectivity index (χ4v) is 1.96. The Hall–Kier alpha value is -2.56. The van der Waals surface area contributed by atoms with Crippen molar-refractivity contribution in [3.05, 3.63) is 48.8 Å². The quantitative estimate of drug-likeness (QED) is 0.747. The van der Waals surface area contributed by atoms with Crippen molar-refractivity contribution in [3.63, 3.8) is 0 Å². The highest BCUT2D eigenvalue weighted by Crippen LogP contribution is 2.14. The summed E-state index contributed by atoms with van der Waals surface area (Å²) in [6.07, 6.45) is 3.46. The van der Waals surface area contributed by atoms with Crippen molar-refractivity contribution in [2.45, 2.75) is 6.54 Å². The van der Waals surface area contributed by atoms with E-state index in [1.807, 2.05) is 35.1 Å². The molecule has 5 heteroatoms. The standard InChI is InChI=1S/C14H15N5/c15-12-9-17-19(10-12)8-7-16-14-6-5-11-3-1-2-4-13(11)18-14/h1-6,9-10H,7-8,15H2,(H,16,18). The molecular formula is C14H15N5. The lowest BCUT2D eigenvalue weighted by Gasteiger charge is -2.06. The molecule has 0 unspecified atom stereocenters. The van der Waals surface area contributed by atoms with Gasteiger partial charge in [0.1, 0.15) is 5.82 Å². The minimum Gasteiger partial charge on any atom is -0.396 e. The first-order valence-corrected chi connectivity index (χ1v) is 6.19. The van der Waals surface area contributed by atoms with Crippen molar-refractivity contribution in [2.24, 2.45) is 0 Å². The molecule has 19 heavy (non-hydrogen) atoms. The van der Waals surface area contributed by atoms with Crippen LogP contribution < -0.4 is 11.1 Å². The number of hydrogen-bond acceptors (Lipinski definition) is 4. The third-order valence-electron chi connectivity index (χ3n) is 2.90. The second kappa shape index (κ2) is 4.97. The van der Waals surface area contributed by atoms with Gasteiger partial charge in [-0.2, -0.15) is 5.10 Å². The summed E-state index contributed by atoms with van der Waals surface area (Å²) in [7, 11) is 0. The summed E-state index contributed by atoms with van der Waals surface area (Å²) < 4.78 is 1.81. The molecule has 0 fully saturated rings. The second-order valence-electron chi connectivity index (χ2n) is 4.35. The van der Waals surface area contributed by atoms with E-state index in [-0.39, 0.29) is 0 Å². The number of anilines is 2. The fraction of sp³-hybridized carbons (Fsp3) is 0.143. The molecule has 3 N–H and O–H groups in total. The van der Waals surface area contributed by atoms with Crippen LogP contribution in [0.1, 0.15) is 0 Å². The van der Waals surface area contributed by atoms with E-state index in [0.717, 1.165) is 29.8 Å². The second-order valence-corrected chi connectivity index (χ2v) is 4.35. The Balaban J connectivity index is 1.65. The number of pyridine rings is 1. The number of benzene rings is 1. The summed E-state index contributed by atoms with van der Waals surface area (Å²) in [4.78, 5) is 4.55. The highest BCUT2D eigenvalue weighted by atomic mass is 15.3. The average Bonchev–Trinajstić information content (AvgIpc) is 2.84. The van der Waals surface area contributed by atoms with Crippen molar-refractivity contribution in [2.75, 3.05) is 17.6 Å². The number of para-hydroxylation sites is 1. The van der Waals surface area contributed by atoms with Crippen molar-refractivity contribution >= 4 is 22.4 Å². The van der Waals surface area contributed by atoms with Crippen LogP contribution in [-0.4, -0.2) is 21.3 Å². The van der Waals surface area contributed by atoms with Crippen LogP contribution in [0.15, 0.2) is 48.8 Å². The first-order valence-electron chi connectivity index (χ1n) is 6.19. The molecule has 0 atom stereocenters. The molecule has 0 aliphatic carbocycles. The monoisotopic (exact) mass is 253 g/mol. The molecule has 0 spiro atoms. The van der Waals surface area contributed by atoms with Gasteiger partial charge in [-0.1, -0.05) is 18.2 Å². The molecule has 0 radical (unpaired) electrons. The lowest BCUT2D eigenvalue weighted by Crippen LogP contribution is -2.11. The van der Waals surface area contributed by atoms with E-state index < -0.39 is 0 Å². The summed E-state index contributed by atoms with van der Waals surface area (Å²) in [5.74, 6) is 0.874. The van der Waals surface area contributed by atoms with Crippen LogP contribution in [0.2, 0.25) is 0 Å². The number of nitrogens with zero attached hydrogens (tertiary/aromatic N) is 3. The summed E-state index contributed by atoms with van der Waals surface area (Å²) in [5, 5.41) is 8.56. The largest absolute Gasteiger partial charge is 0.396 e. The van der Waals surface area contributed by atoms with Gasteiger partial charge in [-0.25, -0.2) is 4.98 Å². The van der Waals surface area contributed by atoms with Gasteiger partial charge in [0.2, 0.25) is 0 Å². The molecule has 0 amide bonds. The van der Waals surface area contributed by atoms with E-state index in [9.17, 15) is 0 Å². The molecule has 0 saturated carbocycles. The normalized spacial score (nSPS) is 10.7. The summed E-state index contributed by atoms with van der Waals surface area (Å²) in [6.45, 7) is 1.51. The minimum atomic E-state index is 0.684. The Labute approximate surface area is 111 Å². The maximum atomic E-state index is 5.61. The van der Waals surface area contributed by atoms with Crippen LogP contribution in [-0.2, 0) is 6.54 Å². The van der Waals surface area contributed by atoms with Gasteiger partial charge in [0.25, 0.3) is 0 Å². The highest BCUT2D eigenvalue weighted by molar-refractivity contribution is 5.79. The number of hydrogen-bond donors (Lipinski definition) is 2. The predicted molar refractivity (Wildman–Crippen MR) is 76.9 cm³/mol. The third-order valence-corrected chi connectivity index (χ3v) is 2.90. The van der Waals surface area contributed by atoms with E-state index in [4.69, 9.17) is 5.73 Å². The molecule has 0 aliphatic rings. The smallest absolute Gasteiger partial charge is 0.126 e. The average molecular weight is 253 g/mol. The lowest BCUT2D eigenvalue weighted by molar-refractivity contribution is 0.637. The van der Waals surface area contributed by atoms with Crippen LogP contribution in [0.4, 0.5) is 11.5 Å².